The van der Waals surface area contributed by atoms with Crippen LogP contribution in [0.25, 0.3) is 0 Å². The molecule has 0 aliphatic carbocycles. The predicted octanol–water partition coefficient (Wildman–Crippen LogP) is 3.39. The first-order valence-corrected chi connectivity index (χ1v) is 6.20. The van der Waals surface area contributed by atoms with Gasteiger partial charge >= 0.3 is 0 Å². The molecular formula is C10H10F5O2P. The normalized spacial score (nSPS) is 11.3. The molecule has 0 saturated heterocycles. The Labute approximate surface area is 102 Å². The predicted molar refractivity (Wildman–Crippen MR) is 56.0 cm³/mol. The summed E-state index contributed by atoms with van der Waals surface area (Å²) in [6.07, 6.45) is 0. The van der Waals surface area contributed by atoms with Crippen LogP contribution in [0.4, 0.5) is 22.0 Å². The Balaban J connectivity index is 3.37. The number of hydrogen-bond donors (Lipinski definition) is 0. The molecule has 0 aliphatic heterocycles. The van der Waals surface area contributed by atoms with Gasteiger partial charge in [-0.3, -0.25) is 0 Å². The summed E-state index contributed by atoms with van der Waals surface area (Å²) in [6, 6.07) is 0. The minimum atomic E-state index is -2.34. The molecule has 0 fully saturated rings. The maximum Gasteiger partial charge on any atom is 0.211 e. The molecule has 0 saturated carbocycles. The molecule has 0 aliphatic rings. The number of rotatable bonds is 5. The van der Waals surface area contributed by atoms with Crippen LogP contribution in [0, 0.1) is 29.1 Å². The van der Waals surface area contributed by atoms with E-state index in [1.54, 1.807) is 0 Å². The zero-order valence-electron chi connectivity index (χ0n) is 9.57. The van der Waals surface area contributed by atoms with Crippen LogP contribution in [0.15, 0.2) is 0 Å². The summed E-state index contributed by atoms with van der Waals surface area (Å²) in [5, 5.41) is -1.05. The number of halogens is 5. The molecule has 8 heteroatoms. The van der Waals surface area contributed by atoms with Gasteiger partial charge < -0.3 is 9.05 Å². The lowest BCUT2D eigenvalue weighted by Crippen LogP contribution is -2.21. The Morgan fingerprint density at radius 2 is 1.06 bits per heavy atom. The lowest BCUT2D eigenvalue weighted by Gasteiger charge is -2.17. The highest BCUT2D eigenvalue weighted by Crippen LogP contribution is 2.40. The first-order chi connectivity index (χ1) is 8.45. The summed E-state index contributed by atoms with van der Waals surface area (Å²) in [5.74, 6) is -10.0. The van der Waals surface area contributed by atoms with Gasteiger partial charge in [-0.05, 0) is 13.8 Å². The Hall–Kier alpha value is -0.780. The summed E-state index contributed by atoms with van der Waals surface area (Å²) in [7, 11) is -2.34. The van der Waals surface area contributed by atoms with Crippen molar-refractivity contribution in [2.75, 3.05) is 13.2 Å². The van der Waals surface area contributed by atoms with Gasteiger partial charge in [-0.25, -0.2) is 22.0 Å². The van der Waals surface area contributed by atoms with Crippen LogP contribution in [0.3, 0.4) is 0 Å². The van der Waals surface area contributed by atoms with Crippen LogP contribution in [0.1, 0.15) is 13.8 Å². The molecule has 0 spiro atoms. The van der Waals surface area contributed by atoms with Crippen molar-refractivity contribution in [1.82, 2.24) is 0 Å². The van der Waals surface area contributed by atoms with Crippen LogP contribution in [-0.4, -0.2) is 13.2 Å². The Kier molecular flexibility index (Phi) is 5.44. The van der Waals surface area contributed by atoms with E-state index in [9.17, 15) is 22.0 Å². The Morgan fingerprint density at radius 3 is 1.39 bits per heavy atom. The third kappa shape index (κ3) is 2.79. The summed E-state index contributed by atoms with van der Waals surface area (Å²) in [5.41, 5.74) is 0. The standard InChI is InChI=1S/C10H10F5O2P/c1-3-16-18(17-4-2)10-8(14)6(12)5(11)7(13)9(10)15/h3-4H2,1-2H3. The van der Waals surface area contributed by atoms with Crippen molar-refractivity contribution in [1.29, 1.82) is 0 Å². The van der Waals surface area contributed by atoms with E-state index in [2.05, 4.69) is 0 Å². The second kappa shape index (κ2) is 6.41. The fraction of sp³-hybridized carbons (Fsp3) is 0.400. The fourth-order valence-electron chi connectivity index (χ4n) is 1.15. The highest BCUT2D eigenvalue weighted by molar-refractivity contribution is 7.56. The van der Waals surface area contributed by atoms with Crippen molar-refractivity contribution >= 4 is 13.7 Å². The molecule has 0 atom stereocenters. The third-order valence-electron chi connectivity index (χ3n) is 1.86. The summed E-state index contributed by atoms with van der Waals surface area (Å²) in [6.45, 7) is 3.07. The van der Waals surface area contributed by atoms with Gasteiger partial charge in [0, 0.05) is 0 Å². The van der Waals surface area contributed by atoms with Gasteiger partial charge in [-0.15, -0.1) is 0 Å². The van der Waals surface area contributed by atoms with Crippen molar-refractivity contribution in [3.63, 3.8) is 0 Å². The molecule has 18 heavy (non-hydrogen) atoms. The molecule has 0 N–H and O–H groups in total. The lowest BCUT2D eigenvalue weighted by molar-refractivity contribution is 0.274. The zero-order chi connectivity index (χ0) is 13.9. The first kappa shape index (κ1) is 15.3. The van der Waals surface area contributed by atoms with E-state index in [1.165, 1.54) is 13.8 Å². The molecule has 1 rings (SSSR count). The molecule has 102 valence electrons. The van der Waals surface area contributed by atoms with E-state index in [1.807, 2.05) is 0 Å². The minimum absolute atomic E-state index is 0.0190. The van der Waals surface area contributed by atoms with E-state index in [-0.39, 0.29) is 13.2 Å². The van der Waals surface area contributed by atoms with E-state index in [0.29, 0.717) is 0 Å². The van der Waals surface area contributed by atoms with Crippen LogP contribution < -0.4 is 5.30 Å². The van der Waals surface area contributed by atoms with Gasteiger partial charge in [0.25, 0.3) is 0 Å². The summed E-state index contributed by atoms with van der Waals surface area (Å²) < 4.78 is 75.4. The van der Waals surface area contributed by atoms with E-state index < -0.39 is 42.8 Å². The molecular weight excluding hydrogens is 278 g/mol. The second-order valence-corrected chi connectivity index (χ2v) is 4.49. The highest BCUT2D eigenvalue weighted by Gasteiger charge is 2.32. The molecule has 0 heterocycles. The maximum atomic E-state index is 13.4. The van der Waals surface area contributed by atoms with E-state index >= 15 is 0 Å². The first-order valence-electron chi connectivity index (χ1n) is 5.03. The monoisotopic (exact) mass is 288 g/mol. The smallest absolute Gasteiger partial charge is 0.211 e. The third-order valence-corrected chi connectivity index (χ3v) is 3.61. The number of hydrogen-bond acceptors (Lipinski definition) is 2. The van der Waals surface area contributed by atoms with Gasteiger partial charge in [-0.1, -0.05) is 0 Å². The molecule has 2 nitrogen and oxygen atoms in total. The Bertz CT molecular complexity index is 406. The van der Waals surface area contributed by atoms with Crippen LogP contribution >= 0.6 is 8.38 Å². The average molecular weight is 288 g/mol. The van der Waals surface area contributed by atoms with Crippen molar-refractivity contribution < 1.29 is 31.0 Å². The van der Waals surface area contributed by atoms with Crippen molar-refractivity contribution in [3.05, 3.63) is 29.1 Å². The van der Waals surface area contributed by atoms with Crippen LogP contribution in [0.5, 0.6) is 0 Å². The van der Waals surface area contributed by atoms with E-state index in [0.717, 1.165) is 0 Å². The molecule has 0 radical (unpaired) electrons. The SMILES string of the molecule is CCOP(OCC)c1c(F)c(F)c(F)c(F)c1F. The molecule has 1 aromatic carbocycles. The van der Waals surface area contributed by atoms with Crippen LogP contribution in [-0.2, 0) is 9.05 Å². The van der Waals surface area contributed by atoms with Gasteiger partial charge in [0.1, 0.15) is 5.30 Å². The van der Waals surface area contributed by atoms with Gasteiger partial charge in [0.05, 0.1) is 13.2 Å². The maximum absolute atomic E-state index is 13.4. The summed E-state index contributed by atoms with van der Waals surface area (Å²) in [4.78, 5) is 0. The van der Waals surface area contributed by atoms with Gasteiger partial charge in [-0.2, -0.15) is 0 Å². The minimum Gasteiger partial charge on any atom is -0.331 e. The molecule has 0 bridgehead atoms. The highest BCUT2D eigenvalue weighted by atomic mass is 31.2. The molecule has 1 aromatic rings. The summed E-state index contributed by atoms with van der Waals surface area (Å²) >= 11 is 0. The topological polar surface area (TPSA) is 18.5 Å². The molecule has 0 aromatic heterocycles. The average Bonchev–Trinajstić information content (AvgIpc) is 2.35. The van der Waals surface area contributed by atoms with Gasteiger partial charge in [0.15, 0.2) is 23.3 Å². The van der Waals surface area contributed by atoms with Gasteiger partial charge in [0.2, 0.25) is 14.2 Å². The van der Waals surface area contributed by atoms with Crippen molar-refractivity contribution in [3.8, 4) is 0 Å². The largest absolute Gasteiger partial charge is 0.331 e. The zero-order valence-corrected chi connectivity index (χ0v) is 10.5. The molecule has 0 unspecified atom stereocenters. The van der Waals surface area contributed by atoms with Crippen LogP contribution in [0.2, 0.25) is 0 Å². The Morgan fingerprint density at radius 1 is 0.722 bits per heavy atom. The molecule has 0 amide bonds. The van der Waals surface area contributed by atoms with Crippen molar-refractivity contribution in [2.45, 2.75) is 13.8 Å². The number of benzene rings is 1. The fourth-order valence-corrected chi connectivity index (χ4v) is 2.47. The second-order valence-electron chi connectivity index (χ2n) is 3.01. The quantitative estimate of drug-likeness (QED) is 0.358. The lowest BCUT2D eigenvalue weighted by atomic mass is 10.3. The van der Waals surface area contributed by atoms with Crippen molar-refractivity contribution in [2.24, 2.45) is 0 Å². The van der Waals surface area contributed by atoms with E-state index in [4.69, 9.17) is 9.05 Å².